The van der Waals surface area contributed by atoms with Gasteiger partial charge in [0.25, 0.3) is 0 Å². The predicted octanol–water partition coefficient (Wildman–Crippen LogP) is 11.2. The Balaban J connectivity index is 1.34. The summed E-state index contributed by atoms with van der Waals surface area (Å²) in [5.74, 6) is 0. The third-order valence-electron chi connectivity index (χ3n) is 10.1. The molecule has 1 aromatic heterocycles. The number of anilines is 3. The SMILES string of the molecule is O=c1c2ccccc2sc2cc3c(cc12)-c1ccccc1C31c2ccccc2-c2c(N(c3ccccc3)c3ccccc3)cccc21. The molecule has 1 atom stereocenters. The lowest BCUT2D eigenvalue weighted by molar-refractivity contribution is 0.795. The zero-order valence-corrected chi connectivity index (χ0v) is 26.2. The first-order valence-corrected chi connectivity index (χ1v) is 16.8. The van der Waals surface area contributed by atoms with Gasteiger partial charge in [0.15, 0.2) is 5.43 Å². The Morgan fingerprint density at radius 1 is 0.447 bits per heavy atom. The number of benzene rings is 7. The molecule has 10 rings (SSSR count). The fraction of sp³-hybridized carbons (Fsp3) is 0.0227. The van der Waals surface area contributed by atoms with Gasteiger partial charge in [-0.15, -0.1) is 11.3 Å². The quantitative estimate of drug-likeness (QED) is 0.184. The topological polar surface area (TPSA) is 20.3 Å². The number of rotatable bonds is 3. The van der Waals surface area contributed by atoms with Crippen molar-refractivity contribution in [3.8, 4) is 22.3 Å². The van der Waals surface area contributed by atoms with Crippen LogP contribution in [0.4, 0.5) is 17.1 Å². The molecule has 0 N–H and O–H groups in total. The highest BCUT2D eigenvalue weighted by Crippen LogP contribution is 2.65. The molecular weight excluding hydrogens is 591 g/mol. The summed E-state index contributed by atoms with van der Waals surface area (Å²) in [6.45, 7) is 0. The monoisotopic (exact) mass is 617 g/mol. The molecule has 1 spiro atoms. The molecule has 3 heteroatoms. The van der Waals surface area contributed by atoms with E-state index in [-0.39, 0.29) is 5.43 Å². The first-order valence-electron chi connectivity index (χ1n) is 16.0. The summed E-state index contributed by atoms with van der Waals surface area (Å²) in [4.78, 5) is 16.3. The minimum atomic E-state index is -0.525. The molecule has 0 radical (unpaired) electrons. The second-order valence-corrected chi connectivity index (χ2v) is 13.5. The second kappa shape index (κ2) is 9.86. The summed E-state index contributed by atoms with van der Waals surface area (Å²) in [5, 5.41) is 1.58. The number of fused-ring (bicyclic) bond motifs is 12. The van der Waals surface area contributed by atoms with Gasteiger partial charge >= 0.3 is 0 Å². The number of hydrogen-bond acceptors (Lipinski definition) is 3. The smallest absolute Gasteiger partial charge is 0.195 e. The normalized spacial score (nSPS) is 15.4. The van der Waals surface area contributed by atoms with E-state index in [0.717, 1.165) is 42.8 Å². The average molecular weight is 618 g/mol. The van der Waals surface area contributed by atoms with Crippen molar-refractivity contribution in [2.75, 3.05) is 4.90 Å². The van der Waals surface area contributed by atoms with Crippen molar-refractivity contribution in [1.82, 2.24) is 0 Å². The van der Waals surface area contributed by atoms with Crippen LogP contribution in [0.2, 0.25) is 0 Å². The fourth-order valence-electron chi connectivity index (χ4n) is 8.23. The molecule has 2 aliphatic carbocycles. The second-order valence-electron chi connectivity index (χ2n) is 12.4. The molecule has 1 unspecified atom stereocenters. The Labute approximate surface area is 276 Å². The van der Waals surface area contributed by atoms with Crippen LogP contribution in [-0.4, -0.2) is 0 Å². The Bertz CT molecular complexity index is 2570. The molecule has 220 valence electrons. The molecule has 0 fully saturated rings. The van der Waals surface area contributed by atoms with Crippen molar-refractivity contribution >= 4 is 48.6 Å². The third-order valence-corrected chi connectivity index (χ3v) is 11.2. The van der Waals surface area contributed by atoms with E-state index >= 15 is 0 Å². The van der Waals surface area contributed by atoms with Gasteiger partial charge in [-0.05, 0) is 93.5 Å². The van der Waals surface area contributed by atoms with Crippen LogP contribution < -0.4 is 10.3 Å². The lowest BCUT2D eigenvalue weighted by atomic mass is 9.70. The van der Waals surface area contributed by atoms with E-state index in [2.05, 4.69) is 150 Å². The van der Waals surface area contributed by atoms with Gasteiger partial charge in [0, 0.05) is 37.1 Å². The Kier molecular flexibility index (Phi) is 5.55. The third kappa shape index (κ3) is 3.52. The van der Waals surface area contributed by atoms with Gasteiger partial charge < -0.3 is 4.90 Å². The van der Waals surface area contributed by atoms with Gasteiger partial charge in [0.05, 0.1) is 11.1 Å². The number of para-hydroxylation sites is 2. The molecule has 0 saturated heterocycles. The first kappa shape index (κ1) is 26.4. The van der Waals surface area contributed by atoms with Crippen molar-refractivity contribution < 1.29 is 0 Å². The van der Waals surface area contributed by atoms with Gasteiger partial charge in [-0.25, -0.2) is 0 Å². The summed E-state index contributed by atoms with van der Waals surface area (Å²) in [6.07, 6.45) is 0. The van der Waals surface area contributed by atoms with Gasteiger partial charge in [0.2, 0.25) is 0 Å². The molecule has 0 bridgehead atoms. The average Bonchev–Trinajstić information content (AvgIpc) is 3.59. The Hall–Kier alpha value is -5.77. The van der Waals surface area contributed by atoms with Crippen LogP contribution in [0.1, 0.15) is 22.3 Å². The van der Waals surface area contributed by atoms with Crippen LogP contribution in [-0.2, 0) is 5.41 Å². The van der Waals surface area contributed by atoms with Crippen molar-refractivity contribution in [3.05, 3.63) is 196 Å². The van der Waals surface area contributed by atoms with Gasteiger partial charge in [-0.1, -0.05) is 109 Å². The first-order chi connectivity index (χ1) is 23.2. The zero-order chi connectivity index (χ0) is 31.1. The van der Waals surface area contributed by atoms with Crippen molar-refractivity contribution in [2.24, 2.45) is 0 Å². The maximum atomic E-state index is 13.9. The van der Waals surface area contributed by atoms with E-state index < -0.39 is 5.41 Å². The largest absolute Gasteiger partial charge is 0.310 e. The van der Waals surface area contributed by atoms with Crippen LogP contribution in [0.5, 0.6) is 0 Å². The molecular formula is C44H27NOS. The maximum absolute atomic E-state index is 13.9. The standard InChI is InChI=1S/C44H27NOS/c46-43-32-20-9-12-25-40(32)47-41-27-38-33(26-34(41)43)30-18-7-10-21-35(30)44(38)36-22-11-8-19-31(36)42-37(44)23-13-24-39(42)45(28-14-3-1-4-15-28)29-16-5-2-6-17-29/h1-27H. The maximum Gasteiger partial charge on any atom is 0.195 e. The van der Waals surface area contributed by atoms with Crippen LogP contribution in [0.15, 0.2) is 169 Å². The molecule has 2 aliphatic rings. The zero-order valence-electron chi connectivity index (χ0n) is 25.4. The molecule has 2 nitrogen and oxygen atoms in total. The molecule has 7 aromatic carbocycles. The highest BCUT2D eigenvalue weighted by molar-refractivity contribution is 7.24. The Morgan fingerprint density at radius 3 is 1.79 bits per heavy atom. The van der Waals surface area contributed by atoms with Crippen molar-refractivity contribution in [2.45, 2.75) is 5.41 Å². The molecule has 0 saturated carbocycles. The van der Waals surface area contributed by atoms with E-state index in [1.54, 1.807) is 11.3 Å². The molecule has 8 aromatic rings. The number of nitrogens with zero attached hydrogens (tertiary/aromatic N) is 1. The van der Waals surface area contributed by atoms with Gasteiger partial charge in [0.1, 0.15) is 0 Å². The van der Waals surface area contributed by atoms with E-state index in [1.807, 2.05) is 18.2 Å². The fourth-order valence-corrected chi connectivity index (χ4v) is 9.32. The summed E-state index contributed by atoms with van der Waals surface area (Å²) in [7, 11) is 0. The van der Waals surface area contributed by atoms with E-state index in [0.29, 0.717) is 0 Å². The summed E-state index contributed by atoms with van der Waals surface area (Å²) >= 11 is 1.71. The Morgan fingerprint density at radius 2 is 1.04 bits per heavy atom. The van der Waals surface area contributed by atoms with Crippen LogP contribution in [0.3, 0.4) is 0 Å². The van der Waals surface area contributed by atoms with E-state index in [9.17, 15) is 4.79 Å². The van der Waals surface area contributed by atoms with Crippen LogP contribution in [0.25, 0.3) is 42.4 Å². The minimum absolute atomic E-state index is 0.103. The minimum Gasteiger partial charge on any atom is -0.310 e. The molecule has 47 heavy (non-hydrogen) atoms. The van der Waals surface area contributed by atoms with E-state index in [1.165, 1.54) is 38.9 Å². The lowest BCUT2D eigenvalue weighted by Crippen LogP contribution is -2.26. The van der Waals surface area contributed by atoms with Gasteiger partial charge in [-0.3, -0.25) is 4.79 Å². The summed E-state index contributed by atoms with van der Waals surface area (Å²) < 4.78 is 2.04. The highest BCUT2D eigenvalue weighted by atomic mass is 32.1. The van der Waals surface area contributed by atoms with Crippen molar-refractivity contribution in [3.63, 3.8) is 0 Å². The molecule has 1 heterocycles. The highest BCUT2D eigenvalue weighted by Gasteiger charge is 2.52. The molecule has 0 aliphatic heterocycles. The van der Waals surface area contributed by atoms with Crippen LogP contribution in [0, 0.1) is 0 Å². The van der Waals surface area contributed by atoms with Crippen LogP contribution >= 0.6 is 11.3 Å². The van der Waals surface area contributed by atoms with Gasteiger partial charge in [-0.2, -0.15) is 0 Å². The number of hydrogen-bond donors (Lipinski definition) is 0. The van der Waals surface area contributed by atoms with E-state index in [4.69, 9.17) is 0 Å². The molecule has 0 amide bonds. The van der Waals surface area contributed by atoms with Crippen molar-refractivity contribution in [1.29, 1.82) is 0 Å². The lowest BCUT2D eigenvalue weighted by Gasteiger charge is -2.32. The predicted molar refractivity (Wildman–Crippen MR) is 197 cm³/mol. The summed E-state index contributed by atoms with van der Waals surface area (Å²) in [5.41, 5.74) is 12.8. The summed E-state index contributed by atoms with van der Waals surface area (Å²) in [6, 6.07) is 58.3.